The number of ether oxygens (including phenoxy) is 2. The van der Waals surface area contributed by atoms with Crippen molar-refractivity contribution < 1.29 is 43.3 Å². The first kappa shape index (κ1) is 55.8. The number of aromatic nitrogens is 2. The molecule has 6 saturated carbocycles. The van der Waals surface area contributed by atoms with E-state index in [-0.39, 0.29) is 63.9 Å². The van der Waals surface area contributed by atoms with E-state index < -0.39 is 33.6 Å². The zero-order chi connectivity index (χ0) is 61.7. The average Bonchev–Trinajstić information content (AvgIpc) is 1.41. The zero-order valence-electron chi connectivity index (χ0n) is 49.4. The molecule has 2 spiro atoms. The number of allylic oxidation sites excluding steroid dienone is 1. The number of phenols is 1. The highest BCUT2D eigenvalue weighted by atomic mass is 35.5. The van der Waals surface area contributed by atoms with E-state index in [0.717, 1.165) is 102 Å². The second-order valence-corrected chi connectivity index (χ2v) is 28.9. The number of amides is 4. The highest BCUT2D eigenvalue weighted by molar-refractivity contribution is 6.22. The highest BCUT2D eigenvalue weighted by Gasteiger charge is 3.02. The predicted molar refractivity (Wildman–Crippen MR) is 343 cm³/mol. The Hall–Kier alpha value is -7.24. The Morgan fingerprint density at radius 3 is 1.37 bits per heavy atom. The van der Waals surface area contributed by atoms with Crippen LogP contribution in [-0.2, 0) is 35.2 Å². The number of nitrogen functional groups attached to an aromatic ring is 1. The number of aromatic amines is 2. The van der Waals surface area contributed by atoms with Crippen molar-refractivity contribution in [2.24, 2.45) is 32.5 Å². The first-order chi connectivity index (χ1) is 42.7. The summed E-state index contributed by atoms with van der Waals surface area (Å²) in [6.45, 7) is 8.61. The number of esters is 2. The zero-order valence-corrected chi connectivity index (χ0v) is 52.5. The summed E-state index contributed by atoms with van der Waals surface area (Å²) in [6.07, 6.45) is 12.4. The molecule has 11 aliphatic rings. The first-order valence-corrected chi connectivity index (χ1v) is 32.9. The molecule has 6 heterocycles. The lowest BCUT2D eigenvalue weighted by molar-refractivity contribution is -0.135. The van der Waals surface area contributed by atoms with Gasteiger partial charge in [0.25, 0.3) is 0 Å². The molecule has 2 aromatic heterocycles. The summed E-state index contributed by atoms with van der Waals surface area (Å²) < 4.78 is 11.2. The van der Waals surface area contributed by atoms with Gasteiger partial charge in [-0.1, -0.05) is 36.4 Å². The Morgan fingerprint density at radius 2 is 0.955 bits per heavy atom. The number of aromatic hydroxyl groups is 1. The van der Waals surface area contributed by atoms with Gasteiger partial charge in [0, 0.05) is 162 Å². The fraction of sp³-hybridized carbons (Fsp3) is 0.420. The third kappa shape index (κ3) is 6.78. The van der Waals surface area contributed by atoms with E-state index in [1.54, 1.807) is 18.2 Å². The van der Waals surface area contributed by atoms with Crippen LogP contribution in [0.4, 0.5) is 28.4 Å². The largest absolute Gasteiger partial charge is 0.508 e. The van der Waals surface area contributed by atoms with Gasteiger partial charge >= 0.3 is 11.9 Å². The number of halogens is 4. The van der Waals surface area contributed by atoms with E-state index in [9.17, 15) is 33.9 Å². The normalized spacial score (nSPS) is 30.7. The number of fused-ring (bicyclic) bond motifs is 12. The minimum Gasteiger partial charge on any atom is -0.508 e. The van der Waals surface area contributed by atoms with Crippen LogP contribution in [-0.4, -0.2) is 100 Å². The summed E-state index contributed by atoms with van der Waals surface area (Å²) in [6, 6.07) is 15.3. The van der Waals surface area contributed by atoms with Gasteiger partial charge in [-0.2, -0.15) is 0 Å². The number of carbonyl (C=O) groups excluding carboxylic acids is 6. The number of rotatable bonds is 10. The Kier molecular flexibility index (Phi) is 11.4. The molecular weight excluding hydrogens is 1210 g/mol. The topological polar surface area (TPSA) is 212 Å². The van der Waals surface area contributed by atoms with Gasteiger partial charge < -0.3 is 49.9 Å². The Labute approximate surface area is 531 Å². The van der Waals surface area contributed by atoms with Crippen molar-refractivity contribution >= 4 is 149 Å². The average molecular weight is 1280 g/mol. The third-order valence-corrected chi connectivity index (χ3v) is 25.0. The molecule has 7 aromatic rings. The number of nitrogens with two attached hydrogens (primary N) is 1. The number of H-pyrrole nitrogens is 2. The number of nitrogens with one attached hydrogen (secondary N) is 2. The summed E-state index contributed by atoms with van der Waals surface area (Å²) in [5, 5.41) is 14.7. The summed E-state index contributed by atoms with van der Waals surface area (Å²) in [4.78, 5) is 95.7. The molecule has 20 heteroatoms. The second-order valence-electron chi connectivity index (χ2n) is 27.6. The molecule has 4 amide bonds. The molecule has 5 N–H and O–H groups in total. The SMILES string of the molecule is CC(=O)Oc1cc2c(c3c(C)c[nH]c13)[C@H](CCl)CN2C(=O)C12CC3(C(=O)N4C[C@@H](CCl)c5c4cc(OC(C)=O)c4[nH]cc(C)c54)CC13C2.Nc1cc2c(c3ccccc13)[C@H](CCl)CN2C(=O)C12CC3(C(=O)N4C[C@@H](CCl)c5c4cc(O)c4c5C=CC4)CC31C2. The molecule has 5 aromatic carbocycles. The number of aryl methyl sites for hydroxylation is 2. The van der Waals surface area contributed by atoms with Crippen molar-refractivity contribution in [2.75, 3.05) is 75.0 Å². The van der Waals surface area contributed by atoms with Crippen LogP contribution < -0.4 is 34.8 Å². The van der Waals surface area contributed by atoms with Crippen molar-refractivity contribution in [1.29, 1.82) is 0 Å². The van der Waals surface area contributed by atoms with Gasteiger partial charge in [0.1, 0.15) is 5.75 Å². The summed E-state index contributed by atoms with van der Waals surface area (Å²) in [5.41, 5.74) is 16.9. The van der Waals surface area contributed by atoms with E-state index in [1.165, 1.54) is 13.8 Å². The minimum atomic E-state index is -0.608. The van der Waals surface area contributed by atoms with Crippen molar-refractivity contribution in [3.63, 3.8) is 0 Å². The van der Waals surface area contributed by atoms with Crippen LogP contribution in [0.1, 0.15) is 121 Å². The van der Waals surface area contributed by atoms with Gasteiger partial charge in [0.2, 0.25) is 23.6 Å². The van der Waals surface area contributed by atoms with Crippen LogP contribution in [0.3, 0.4) is 0 Å². The van der Waals surface area contributed by atoms with Gasteiger partial charge in [0.15, 0.2) is 11.5 Å². The number of benzene rings is 5. The van der Waals surface area contributed by atoms with Crippen LogP contribution in [0.2, 0.25) is 0 Å². The number of alkyl halides is 4. The minimum absolute atomic E-state index is 0.0147. The summed E-state index contributed by atoms with van der Waals surface area (Å²) in [7, 11) is 0. The molecule has 6 fully saturated rings. The standard InChI is InChI=1S/C36H34Cl2N4O6.C33H29Cl2N3O3/c1-16-9-39-30-24(47-18(3)43)5-22-28(26(16)30)20(7-37)11-41(22)32(45)34-13-35(15-36(34,35)14-34)33(46)42-12-21(8-38)29-23(42)6-25(48-19(4)44)31-27(29)17(2)10-40-31;34-10-17-12-37(24-8-23(36)19-4-1-2-5-21(19)27(17)24)29(40)31-14-32(16-33(31,32)15-31)30(41)38-13-18(11-35)28-22-7-3-6-20(22)26(39)9-25(28)38/h5-6,9-10,20-21,39-40H,7-8,11-15H2,1-4H3;1-5,7-9,17-18,39H,6,10-16,36H2/t20-,21-,34?,35?,36?;17-,18-,31?,32?,33?/m11/s1. The molecule has 0 bridgehead atoms. The van der Waals surface area contributed by atoms with E-state index >= 15 is 0 Å². The fourth-order valence-electron chi connectivity index (χ4n) is 19.5. The van der Waals surface area contributed by atoms with E-state index in [0.29, 0.717) is 110 Å². The van der Waals surface area contributed by atoms with Gasteiger partial charge in [-0.3, -0.25) is 28.8 Å². The van der Waals surface area contributed by atoms with Crippen LogP contribution in [0.25, 0.3) is 38.7 Å². The van der Waals surface area contributed by atoms with Gasteiger partial charge in [-0.05, 0) is 109 Å². The maximum Gasteiger partial charge on any atom is 0.308 e. The molecule has 18 rings (SSSR count). The molecule has 16 nitrogen and oxygen atoms in total. The third-order valence-electron chi connectivity index (χ3n) is 23.5. The predicted octanol–water partition coefficient (Wildman–Crippen LogP) is 12.2. The van der Waals surface area contributed by atoms with Crippen molar-refractivity contribution in [3.05, 3.63) is 112 Å². The highest BCUT2D eigenvalue weighted by Crippen LogP contribution is 3.02. The smallest absolute Gasteiger partial charge is 0.308 e. The molecule has 4 aliphatic heterocycles. The van der Waals surface area contributed by atoms with Crippen molar-refractivity contribution in [3.8, 4) is 17.2 Å². The van der Waals surface area contributed by atoms with Gasteiger partial charge in [-0.15, -0.1) is 46.4 Å². The molecular formula is C69H63Cl4N7O9. The molecule has 0 radical (unpaired) electrons. The van der Waals surface area contributed by atoms with Crippen LogP contribution >= 0.6 is 46.4 Å². The fourth-order valence-corrected chi connectivity index (χ4v) is 20.5. The van der Waals surface area contributed by atoms with Crippen LogP contribution in [0.5, 0.6) is 17.2 Å². The maximum atomic E-state index is 14.6. The Balaban J connectivity index is 0.000000139. The van der Waals surface area contributed by atoms with E-state index in [4.69, 9.17) is 61.6 Å². The van der Waals surface area contributed by atoms with Crippen LogP contribution in [0.15, 0.2) is 67.0 Å². The number of hydrogen-bond acceptors (Lipinski definition) is 10. The van der Waals surface area contributed by atoms with E-state index in [2.05, 4.69) is 16.0 Å². The lowest BCUT2D eigenvalue weighted by Crippen LogP contribution is -2.49. The molecule has 5 unspecified atom stereocenters. The monoisotopic (exact) mass is 1270 g/mol. The molecule has 89 heavy (non-hydrogen) atoms. The van der Waals surface area contributed by atoms with Gasteiger partial charge in [0.05, 0.1) is 49.8 Å². The van der Waals surface area contributed by atoms with Crippen molar-refractivity contribution in [2.45, 2.75) is 96.3 Å². The summed E-state index contributed by atoms with van der Waals surface area (Å²) in [5.74, 6) is 1.74. The van der Waals surface area contributed by atoms with E-state index in [1.807, 2.05) is 82.3 Å². The molecule has 0 saturated heterocycles. The number of hydrogen-bond donors (Lipinski definition) is 4. The van der Waals surface area contributed by atoms with Gasteiger partial charge in [-0.25, -0.2) is 0 Å². The number of carbonyl (C=O) groups is 6. The summed E-state index contributed by atoms with van der Waals surface area (Å²) >= 11 is 25.9. The maximum absolute atomic E-state index is 14.6. The Bertz CT molecular complexity index is 4400. The molecule has 456 valence electrons. The van der Waals surface area contributed by atoms with Crippen LogP contribution in [0, 0.1) is 46.3 Å². The Morgan fingerprint density at radius 1 is 0.562 bits per heavy atom. The number of nitrogens with zero attached hydrogens (tertiary/aromatic N) is 4. The quantitative estimate of drug-likeness (QED) is 0.0440. The lowest BCUT2D eigenvalue weighted by atomic mass is 9.72. The first-order valence-electron chi connectivity index (χ1n) is 30.8. The molecule has 7 aliphatic carbocycles. The molecule has 9 atom stereocenters. The number of phenolic OH excluding ortho intramolecular Hbond substituents is 1. The lowest BCUT2D eigenvalue weighted by Gasteiger charge is -2.37. The van der Waals surface area contributed by atoms with Crippen molar-refractivity contribution in [1.82, 2.24) is 9.97 Å². The number of anilines is 5. The second kappa shape index (κ2) is 18.3.